The maximum atomic E-state index is 13.3. The normalized spacial score (nSPS) is 10.6. The molecule has 0 fully saturated rings. The number of nitrogens with one attached hydrogen (secondary N) is 2. The molecule has 7 heteroatoms. The third-order valence-electron chi connectivity index (χ3n) is 4.37. The number of nitrogens with zero attached hydrogens (tertiary/aromatic N) is 1. The minimum Gasteiger partial charge on any atom is -0.347 e. The Morgan fingerprint density at radius 3 is 2.48 bits per heavy atom. The molecule has 0 saturated heterocycles. The quantitative estimate of drug-likeness (QED) is 0.635. The van der Waals surface area contributed by atoms with Gasteiger partial charge in [-0.05, 0) is 50.1 Å². The van der Waals surface area contributed by atoms with Gasteiger partial charge in [-0.15, -0.1) is 11.3 Å². The number of carbonyl (C=O) groups excluding carboxylic acids is 2. The number of amides is 2. The van der Waals surface area contributed by atoms with Crippen molar-refractivity contribution in [3.63, 3.8) is 0 Å². The second kappa shape index (κ2) is 8.96. The molecule has 0 aliphatic carbocycles. The Morgan fingerprint density at radius 1 is 1.07 bits per heavy atom. The molecule has 3 aromatic rings. The number of halogens is 1. The molecule has 0 spiro atoms. The summed E-state index contributed by atoms with van der Waals surface area (Å²) in [5, 5.41) is 6.17. The van der Waals surface area contributed by atoms with Gasteiger partial charge in [0.25, 0.3) is 5.91 Å². The van der Waals surface area contributed by atoms with Crippen molar-refractivity contribution >= 4 is 28.8 Å². The van der Waals surface area contributed by atoms with E-state index in [0.717, 1.165) is 11.1 Å². The van der Waals surface area contributed by atoms with Crippen LogP contribution in [0.3, 0.4) is 0 Å². The van der Waals surface area contributed by atoms with Gasteiger partial charge in [-0.25, -0.2) is 9.37 Å². The molecule has 0 aliphatic heterocycles. The van der Waals surface area contributed by atoms with Gasteiger partial charge in [0.1, 0.15) is 15.7 Å². The molecule has 1 aromatic heterocycles. The fraction of sp³-hybridized carbons (Fsp3) is 0.227. The van der Waals surface area contributed by atoms with Crippen LogP contribution in [0, 0.1) is 26.6 Å². The number of thiazole rings is 1. The highest BCUT2D eigenvalue weighted by molar-refractivity contribution is 7.13. The predicted molar refractivity (Wildman–Crippen MR) is 113 cm³/mol. The first-order valence-corrected chi connectivity index (χ1v) is 9.99. The Morgan fingerprint density at radius 2 is 1.79 bits per heavy atom. The van der Waals surface area contributed by atoms with E-state index in [9.17, 15) is 14.0 Å². The lowest BCUT2D eigenvalue weighted by atomic mass is 10.1. The highest BCUT2D eigenvalue weighted by atomic mass is 32.1. The number of rotatable bonds is 6. The van der Waals surface area contributed by atoms with Crippen molar-refractivity contribution in [2.75, 3.05) is 5.32 Å². The van der Waals surface area contributed by atoms with Crippen LogP contribution >= 0.6 is 11.3 Å². The SMILES string of the molecule is Cc1ccc(CNC(=O)c2sc(CC(=O)Nc3ccc(F)c(C)c3)nc2C)cc1. The van der Waals surface area contributed by atoms with Crippen LogP contribution < -0.4 is 10.6 Å². The van der Waals surface area contributed by atoms with E-state index in [-0.39, 0.29) is 24.1 Å². The van der Waals surface area contributed by atoms with E-state index >= 15 is 0 Å². The van der Waals surface area contributed by atoms with Gasteiger partial charge in [0.05, 0.1) is 12.1 Å². The monoisotopic (exact) mass is 411 g/mol. The van der Waals surface area contributed by atoms with Gasteiger partial charge in [-0.3, -0.25) is 9.59 Å². The molecule has 0 bridgehead atoms. The van der Waals surface area contributed by atoms with Crippen molar-refractivity contribution in [3.05, 3.63) is 80.6 Å². The van der Waals surface area contributed by atoms with E-state index in [4.69, 9.17) is 0 Å². The van der Waals surface area contributed by atoms with Crippen LogP contribution in [-0.2, 0) is 17.8 Å². The minimum absolute atomic E-state index is 0.0488. The van der Waals surface area contributed by atoms with Crippen molar-refractivity contribution in [3.8, 4) is 0 Å². The van der Waals surface area contributed by atoms with Crippen LogP contribution in [0.5, 0.6) is 0 Å². The second-order valence-electron chi connectivity index (χ2n) is 6.88. The number of benzene rings is 2. The van der Waals surface area contributed by atoms with Crippen LogP contribution in [0.2, 0.25) is 0 Å². The Labute approximate surface area is 173 Å². The zero-order valence-electron chi connectivity index (χ0n) is 16.5. The molecule has 150 valence electrons. The average Bonchev–Trinajstić information content (AvgIpc) is 3.04. The van der Waals surface area contributed by atoms with Crippen molar-refractivity contribution in [1.82, 2.24) is 10.3 Å². The number of carbonyl (C=O) groups is 2. The maximum absolute atomic E-state index is 13.3. The summed E-state index contributed by atoms with van der Waals surface area (Å²) in [6.07, 6.45) is 0.0488. The summed E-state index contributed by atoms with van der Waals surface area (Å²) in [6.45, 7) is 5.83. The van der Waals surface area contributed by atoms with Gasteiger partial charge in [-0.2, -0.15) is 0 Å². The smallest absolute Gasteiger partial charge is 0.263 e. The summed E-state index contributed by atoms with van der Waals surface area (Å²) in [6, 6.07) is 12.3. The van der Waals surface area contributed by atoms with Crippen molar-refractivity contribution in [2.24, 2.45) is 0 Å². The molecule has 0 radical (unpaired) electrons. The molecule has 0 aliphatic rings. The third kappa shape index (κ3) is 5.48. The van der Waals surface area contributed by atoms with Crippen LogP contribution in [0.1, 0.15) is 37.1 Å². The second-order valence-corrected chi connectivity index (χ2v) is 7.96. The Kier molecular flexibility index (Phi) is 6.39. The Balaban J connectivity index is 1.59. The molecule has 0 saturated carbocycles. The molecule has 5 nitrogen and oxygen atoms in total. The van der Waals surface area contributed by atoms with Crippen LogP contribution in [0.4, 0.5) is 10.1 Å². The lowest BCUT2D eigenvalue weighted by molar-refractivity contribution is -0.115. The molecule has 2 N–H and O–H groups in total. The van der Waals surface area contributed by atoms with Gasteiger partial charge in [0.15, 0.2) is 0 Å². The molecule has 1 heterocycles. The van der Waals surface area contributed by atoms with Gasteiger partial charge in [0, 0.05) is 12.2 Å². The number of anilines is 1. The Bertz CT molecular complexity index is 1040. The standard InChI is InChI=1S/C22H22FN3O2S/c1-13-4-6-16(7-5-13)12-24-22(28)21-15(3)25-20(29-21)11-19(27)26-17-8-9-18(23)14(2)10-17/h4-10H,11-12H2,1-3H3,(H,24,28)(H,26,27). The zero-order valence-corrected chi connectivity index (χ0v) is 17.3. The summed E-state index contributed by atoms with van der Waals surface area (Å²) in [4.78, 5) is 29.6. The van der Waals surface area contributed by atoms with Crippen LogP contribution in [-0.4, -0.2) is 16.8 Å². The maximum Gasteiger partial charge on any atom is 0.263 e. The molecule has 2 aromatic carbocycles. The van der Waals surface area contributed by atoms with Gasteiger partial charge in [-0.1, -0.05) is 29.8 Å². The molecule has 0 atom stereocenters. The van der Waals surface area contributed by atoms with E-state index < -0.39 is 0 Å². The van der Waals surface area contributed by atoms with Gasteiger partial charge >= 0.3 is 0 Å². The minimum atomic E-state index is -0.320. The predicted octanol–water partition coefficient (Wildman–Crippen LogP) is 4.32. The summed E-state index contributed by atoms with van der Waals surface area (Å²) in [7, 11) is 0. The average molecular weight is 412 g/mol. The molecule has 3 rings (SSSR count). The molecular formula is C22H22FN3O2S. The van der Waals surface area contributed by atoms with Gasteiger partial charge < -0.3 is 10.6 Å². The first-order chi connectivity index (χ1) is 13.8. The van der Waals surface area contributed by atoms with E-state index in [1.807, 2.05) is 31.2 Å². The van der Waals surface area contributed by atoms with E-state index in [0.29, 0.717) is 33.4 Å². The lowest BCUT2D eigenvalue weighted by Crippen LogP contribution is -2.22. The van der Waals surface area contributed by atoms with Gasteiger partial charge in [0.2, 0.25) is 5.91 Å². The van der Waals surface area contributed by atoms with Crippen molar-refractivity contribution < 1.29 is 14.0 Å². The molecular weight excluding hydrogens is 389 g/mol. The van der Waals surface area contributed by atoms with Crippen LogP contribution in [0.15, 0.2) is 42.5 Å². The summed E-state index contributed by atoms with van der Waals surface area (Å²) in [5.41, 5.74) is 3.76. The van der Waals surface area contributed by atoms with Crippen molar-refractivity contribution in [1.29, 1.82) is 0 Å². The first kappa shape index (κ1) is 20.7. The molecule has 0 unspecified atom stereocenters. The summed E-state index contributed by atoms with van der Waals surface area (Å²) in [5.74, 6) is -0.794. The number of hydrogen-bond acceptors (Lipinski definition) is 4. The van der Waals surface area contributed by atoms with E-state index in [1.54, 1.807) is 19.9 Å². The largest absolute Gasteiger partial charge is 0.347 e. The highest BCUT2D eigenvalue weighted by Crippen LogP contribution is 2.20. The van der Waals surface area contributed by atoms with E-state index in [2.05, 4.69) is 15.6 Å². The third-order valence-corrected chi connectivity index (χ3v) is 5.53. The Hall–Kier alpha value is -3.06. The lowest BCUT2D eigenvalue weighted by Gasteiger charge is -2.05. The van der Waals surface area contributed by atoms with Crippen LogP contribution in [0.25, 0.3) is 0 Å². The molecule has 2 amide bonds. The number of aromatic nitrogens is 1. The fourth-order valence-electron chi connectivity index (χ4n) is 2.77. The fourth-order valence-corrected chi connectivity index (χ4v) is 3.75. The molecule has 29 heavy (non-hydrogen) atoms. The topological polar surface area (TPSA) is 71.1 Å². The van der Waals surface area contributed by atoms with E-state index in [1.165, 1.54) is 23.5 Å². The summed E-state index contributed by atoms with van der Waals surface area (Å²) >= 11 is 1.21. The highest BCUT2D eigenvalue weighted by Gasteiger charge is 2.17. The number of aryl methyl sites for hydroxylation is 3. The summed E-state index contributed by atoms with van der Waals surface area (Å²) < 4.78 is 13.3. The van der Waals surface area contributed by atoms with Crippen molar-refractivity contribution in [2.45, 2.75) is 33.7 Å². The zero-order chi connectivity index (χ0) is 21.0. The number of hydrogen-bond donors (Lipinski definition) is 2. The first-order valence-electron chi connectivity index (χ1n) is 9.18.